The molecule has 2 fully saturated rings. The Morgan fingerprint density at radius 3 is 2.00 bits per heavy atom. The van der Waals surface area contributed by atoms with Gasteiger partial charge >= 0.3 is 6.18 Å². The van der Waals surface area contributed by atoms with Crippen LogP contribution in [0.25, 0.3) is 0 Å². The van der Waals surface area contributed by atoms with Gasteiger partial charge in [-0.15, -0.1) is 0 Å². The largest absolute Gasteiger partial charge is 0.401 e. The molecule has 1 N–H and O–H groups in total. The van der Waals surface area contributed by atoms with Gasteiger partial charge in [0.1, 0.15) is 0 Å². The Labute approximate surface area is 94.4 Å². The van der Waals surface area contributed by atoms with Crippen LogP contribution in [-0.2, 0) is 0 Å². The van der Waals surface area contributed by atoms with Crippen molar-refractivity contribution in [1.29, 1.82) is 0 Å². The molecule has 1 saturated carbocycles. The highest BCUT2D eigenvalue weighted by Gasteiger charge is 2.40. The van der Waals surface area contributed by atoms with Crippen molar-refractivity contribution in [2.75, 3.05) is 26.2 Å². The highest BCUT2D eigenvalue weighted by atomic mass is 19.4. The van der Waals surface area contributed by atoms with E-state index in [9.17, 15) is 13.2 Å². The molecule has 0 radical (unpaired) electrons. The Kier molecular flexibility index (Phi) is 5.05. The van der Waals surface area contributed by atoms with Crippen LogP contribution >= 0.6 is 0 Å². The Morgan fingerprint density at radius 2 is 1.62 bits per heavy atom. The van der Waals surface area contributed by atoms with Crippen molar-refractivity contribution >= 4 is 0 Å². The number of alkyl halides is 3. The van der Waals surface area contributed by atoms with E-state index >= 15 is 0 Å². The summed E-state index contributed by atoms with van der Waals surface area (Å²) < 4.78 is 36.1. The van der Waals surface area contributed by atoms with E-state index < -0.39 is 12.7 Å². The fraction of sp³-hybridized carbons (Fsp3) is 1.00. The van der Waals surface area contributed by atoms with Crippen LogP contribution < -0.4 is 0 Å². The van der Waals surface area contributed by atoms with E-state index in [2.05, 4.69) is 0 Å². The van der Waals surface area contributed by atoms with Crippen molar-refractivity contribution in [2.24, 2.45) is 11.8 Å². The molecule has 2 rings (SSSR count). The van der Waals surface area contributed by atoms with Gasteiger partial charge in [-0.2, -0.15) is 13.2 Å². The lowest BCUT2D eigenvalue weighted by Crippen LogP contribution is -2.33. The fourth-order valence-electron chi connectivity index (χ4n) is 2.71. The van der Waals surface area contributed by atoms with Crippen LogP contribution in [0.3, 0.4) is 0 Å². The van der Waals surface area contributed by atoms with Crippen LogP contribution in [0, 0.1) is 11.8 Å². The minimum Gasteiger partial charge on any atom is -0.397 e. The van der Waals surface area contributed by atoms with Gasteiger partial charge in [0.25, 0.3) is 0 Å². The molecule has 1 aliphatic carbocycles. The first kappa shape index (κ1) is 13.8. The Bertz CT molecular complexity index is 196. The molecule has 2 nitrogen and oxygen atoms in total. The molecule has 0 aromatic carbocycles. The molecule has 96 valence electrons. The van der Waals surface area contributed by atoms with Gasteiger partial charge in [0.05, 0.1) is 6.54 Å². The lowest BCUT2D eigenvalue weighted by molar-refractivity contribution is -0.144. The van der Waals surface area contributed by atoms with Crippen molar-refractivity contribution < 1.29 is 18.3 Å². The second-order valence-corrected chi connectivity index (χ2v) is 4.58. The number of likely N-dealkylation sites (tertiary alicyclic amines) is 1. The maximum atomic E-state index is 12.0. The average molecular weight is 239 g/mol. The summed E-state index contributed by atoms with van der Waals surface area (Å²) in [6.45, 7) is 2.56. The Morgan fingerprint density at radius 1 is 1.19 bits per heavy atom. The van der Waals surface area contributed by atoms with Crippen LogP contribution in [0.5, 0.6) is 0 Å². The summed E-state index contributed by atoms with van der Waals surface area (Å²) in [4.78, 5) is 1.56. The number of hydrogen-bond donors (Lipinski definition) is 1. The highest BCUT2D eigenvalue weighted by Crippen LogP contribution is 2.38. The molecule has 0 aromatic heterocycles. The standard InChI is InChI=1S/C9H14F3N.C2H6O/c10-9(11,12)6-13-4-7-2-1-3-8(7)5-13;1-2-3/h7-8H,1-6H2;3H,2H2,1H3. The van der Waals surface area contributed by atoms with Gasteiger partial charge < -0.3 is 5.11 Å². The van der Waals surface area contributed by atoms with Crippen LogP contribution in [-0.4, -0.2) is 42.4 Å². The third kappa shape index (κ3) is 4.29. The third-order valence-corrected chi connectivity index (χ3v) is 3.20. The minimum absolute atomic E-state index is 0.250. The molecule has 1 saturated heterocycles. The maximum absolute atomic E-state index is 12.0. The molecule has 2 unspecified atom stereocenters. The second kappa shape index (κ2) is 5.87. The summed E-state index contributed by atoms with van der Waals surface area (Å²) in [5.74, 6) is 1.12. The van der Waals surface area contributed by atoms with Crippen LogP contribution in [0.2, 0.25) is 0 Å². The summed E-state index contributed by atoms with van der Waals surface area (Å²) in [5.41, 5.74) is 0. The zero-order valence-electron chi connectivity index (χ0n) is 9.63. The Balaban J connectivity index is 0.000000386. The molecule has 16 heavy (non-hydrogen) atoms. The molecular formula is C11H20F3NO. The summed E-state index contributed by atoms with van der Waals surface area (Å²) in [7, 11) is 0. The lowest BCUT2D eigenvalue weighted by atomic mass is 10.0. The van der Waals surface area contributed by atoms with E-state index in [0.29, 0.717) is 24.9 Å². The molecule has 1 aliphatic heterocycles. The SMILES string of the molecule is CCO.FC(F)(F)CN1CC2CCCC2C1. The van der Waals surface area contributed by atoms with Gasteiger partial charge in [-0.25, -0.2) is 0 Å². The zero-order valence-corrected chi connectivity index (χ0v) is 9.63. The van der Waals surface area contributed by atoms with Crippen LogP contribution in [0.4, 0.5) is 13.2 Å². The summed E-state index contributed by atoms with van der Waals surface area (Å²) in [6, 6.07) is 0. The van der Waals surface area contributed by atoms with Gasteiger partial charge in [0.2, 0.25) is 0 Å². The van der Waals surface area contributed by atoms with Crippen molar-refractivity contribution in [3.05, 3.63) is 0 Å². The minimum atomic E-state index is -4.02. The van der Waals surface area contributed by atoms with Gasteiger partial charge in [-0.05, 0) is 31.6 Å². The van der Waals surface area contributed by atoms with E-state index in [-0.39, 0.29) is 6.61 Å². The molecule has 0 spiro atoms. The first-order valence-corrected chi connectivity index (χ1v) is 5.86. The maximum Gasteiger partial charge on any atom is 0.401 e. The monoisotopic (exact) mass is 239 g/mol. The fourth-order valence-corrected chi connectivity index (χ4v) is 2.71. The normalized spacial score (nSPS) is 29.8. The highest BCUT2D eigenvalue weighted by molar-refractivity contribution is 4.88. The molecule has 0 amide bonds. The number of fused-ring (bicyclic) bond motifs is 1. The van der Waals surface area contributed by atoms with E-state index in [1.54, 1.807) is 11.8 Å². The summed E-state index contributed by atoms with van der Waals surface area (Å²) >= 11 is 0. The third-order valence-electron chi connectivity index (χ3n) is 3.20. The van der Waals surface area contributed by atoms with Crippen molar-refractivity contribution in [3.63, 3.8) is 0 Å². The first-order valence-electron chi connectivity index (χ1n) is 5.86. The van der Waals surface area contributed by atoms with E-state index in [1.807, 2.05) is 0 Å². The topological polar surface area (TPSA) is 23.5 Å². The molecule has 2 atom stereocenters. The number of hydrogen-bond acceptors (Lipinski definition) is 2. The van der Waals surface area contributed by atoms with Gasteiger partial charge in [-0.3, -0.25) is 4.90 Å². The molecule has 5 heteroatoms. The molecule has 0 bridgehead atoms. The number of rotatable bonds is 1. The van der Waals surface area contributed by atoms with Crippen LogP contribution in [0.15, 0.2) is 0 Å². The predicted octanol–water partition coefficient (Wildman–Crippen LogP) is 2.28. The van der Waals surface area contributed by atoms with E-state index in [4.69, 9.17) is 5.11 Å². The summed E-state index contributed by atoms with van der Waals surface area (Å²) in [6.07, 6.45) is -0.522. The molecule has 1 heterocycles. The van der Waals surface area contributed by atoms with Gasteiger partial charge in [-0.1, -0.05) is 6.42 Å². The number of aliphatic hydroxyl groups excluding tert-OH is 1. The van der Waals surface area contributed by atoms with E-state index in [0.717, 1.165) is 12.8 Å². The quantitative estimate of drug-likeness (QED) is 0.759. The number of halogens is 3. The first-order chi connectivity index (χ1) is 7.46. The number of aliphatic hydroxyl groups is 1. The molecular weight excluding hydrogens is 219 g/mol. The van der Waals surface area contributed by atoms with Crippen LogP contribution in [0.1, 0.15) is 26.2 Å². The average Bonchev–Trinajstić information content (AvgIpc) is 2.61. The molecule has 2 aliphatic rings. The van der Waals surface area contributed by atoms with Crippen molar-refractivity contribution in [1.82, 2.24) is 4.90 Å². The second-order valence-electron chi connectivity index (χ2n) is 4.58. The van der Waals surface area contributed by atoms with Crippen molar-refractivity contribution in [3.8, 4) is 0 Å². The number of nitrogens with zero attached hydrogens (tertiary/aromatic N) is 1. The van der Waals surface area contributed by atoms with Crippen molar-refractivity contribution in [2.45, 2.75) is 32.4 Å². The zero-order chi connectivity index (χ0) is 12.2. The Hall–Kier alpha value is -0.290. The van der Waals surface area contributed by atoms with Gasteiger partial charge in [0, 0.05) is 19.7 Å². The molecule has 0 aromatic rings. The lowest BCUT2D eigenvalue weighted by Gasteiger charge is -2.18. The predicted molar refractivity (Wildman–Crippen MR) is 56.1 cm³/mol. The van der Waals surface area contributed by atoms with E-state index in [1.165, 1.54) is 6.42 Å². The smallest absolute Gasteiger partial charge is 0.397 e. The van der Waals surface area contributed by atoms with Gasteiger partial charge in [0.15, 0.2) is 0 Å². The summed E-state index contributed by atoms with van der Waals surface area (Å²) in [5, 5.41) is 7.57.